The number of nitrogens with zero attached hydrogens (tertiary/aromatic N) is 4. The Labute approximate surface area is 301 Å². The molecule has 0 aliphatic carbocycles. The van der Waals surface area contributed by atoms with Crippen molar-refractivity contribution in [3.63, 3.8) is 0 Å². The lowest BCUT2D eigenvalue weighted by Crippen LogP contribution is -2.00. The van der Waals surface area contributed by atoms with Crippen molar-refractivity contribution in [3.05, 3.63) is 158 Å². The van der Waals surface area contributed by atoms with Gasteiger partial charge in [-0.05, 0) is 59.7 Å². The number of hydrogen-bond donors (Lipinski definition) is 0. The topological polar surface area (TPSA) is 91.0 Å². The zero-order valence-electron chi connectivity index (χ0n) is 28.0. The van der Waals surface area contributed by atoms with Crippen LogP contribution in [0.4, 0.5) is 0 Å². The Hall–Kier alpha value is -7.38. The van der Waals surface area contributed by atoms with Crippen molar-refractivity contribution < 1.29 is 13.3 Å². The summed E-state index contributed by atoms with van der Waals surface area (Å²) in [4.78, 5) is 19.8. The molecule has 7 aromatic carbocycles. The Balaban J connectivity index is 1.04. The molecule has 0 saturated heterocycles. The average molecular weight is 683 g/mol. The van der Waals surface area contributed by atoms with Crippen LogP contribution in [-0.4, -0.2) is 19.9 Å². The van der Waals surface area contributed by atoms with Gasteiger partial charge in [-0.15, -0.1) is 0 Å². The van der Waals surface area contributed by atoms with Crippen molar-refractivity contribution in [1.82, 2.24) is 19.9 Å². The van der Waals surface area contributed by atoms with Crippen LogP contribution in [0.2, 0.25) is 0 Å². The molecule has 0 unspecified atom stereocenters. The second kappa shape index (κ2) is 11.6. The third-order valence-electron chi connectivity index (χ3n) is 9.79. The number of hydrogen-bond acceptors (Lipinski definition) is 7. The minimum absolute atomic E-state index is 0.553. The molecule has 0 bridgehead atoms. The van der Waals surface area contributed by atoms with Crippen LogP contribution in [-0.2, 0) is 0 Å². The molecule has 11 rings (SSSR count). The molecule has 0 saturated carbocycles. The fourth-order valence-electron chi connectivity index (χ4n) is 7.29. The maximum atomic E-state index is 6.46. The van der Waals surface area contributed by atoms with Gasteiger partial charge in [0.2, 0.25) is 5.89 Å². The van der Waals surface area contributed by atoms with Crippen molar-refractivity contribution in [2.45, 2.75) is 0 Å². The molecular weight excluding hydrogens is 657 g/mol. The van der Waals surface area contributed by atoms with Gasteiger partial charge in [0.25, 0.3) is 0 Å². The highest BCUT2D eigenvalue weighted by atomic mass is 16.4. The first-order valence-electron chi connectivity index (χ1n) is 17.4. The van der Waals surface area contributed by atoms with Crippen LogP contribution in [0.5, 0.6) is 0 Å². The molecule has 0 aliphatic rings. The van der Waals surface area contributed by atoms with Gasteiger partial charge in [-0.2, -0.15) is 0 Å². The molecule has 4 heterocycles. The minimum Gasteiger partial charge on any atom is -0.456 e. The van der Waals surface area contributed by atoms with Crippen LogP contribution in [0.15, 0.2) is 171 Å². The lowest BCUT2D eigenvalue weighted by molar-refractivity contribution is 0.620. The van der Waals surface area contributed by atoms with E-state index in [9.17, 15) is 0 Å². The summed E-state index contributed by atoms with van der Waals surface area (Å²) in [5, 5.41) is 3.93. The molecule has 0 N–H and O–H groups in total. The fourth-order valence-corrected chi connectivity index (χ4v) is 7.29. The lowest BCUT2D eigenvalue weighted by atomic mass is 10.0. The summed E-state index contributed by atoms with van der Waals surface area (Å²) in [6, 6.07) is 52.5. The van der Waals surface area contributed by atoms with Crippen LogP contribution in [0.25, 0.3) is 112 Å². The van der Waals surface area contributed by atoms with Crippen molar-refractivity contribution >= 4 is 55.0 Å². The predicted molar refractivity (Wildman–Crippen MR) is 209 cm³/mol. The monoisotopic (exact) mass is 682 g/mol. The summed E-state index contributed by atoms with van der Waals surface area (Å²) in [6.07, 6.45) is 0. The maximum absolute atomic E-state index is 6.46. The summed E-state index contributed by atoms with van der Waals surface area (Å²) in [5.74, 6) is 2.35. The predicted octanol–water partition coefficient (Wildman–Crippen LogP) is 12.1. The molecule has 0 radical (unpaired) electrons. The number of fused-ring (bicyclic) bond motifs is 7. The molecule has 0 aliphatic heterocycles. The van der Waals surface area contributed by atoms with Gasteiger partial charge in [-0.3, -0.25) is 0 Å². The number of para-hydroxylation sites is 1. The molecule has 53 heavy (non-hydrogen) atoms. The molecular formula is C46H26N4O3. The molecule has 11 aromatic rings. The van der Waals surface area contributed by atoms with E-state index in [-0.39, 0.29) is 0 Å². The number of rotatable bonds is 5. The van der Waals surface area contributed by atoms with E-state index in [2.05, 4.69) is 30.3 Å². The van der Waals surface area contributed by atoms with E-state index in [1.807, 2.05) is 127 Å². The third kappa shape index (κ3) is 4.82. The van der Waals surface area contributed by atoms with Crippen molar-refractivity contribution in [2.75, 3.05) is 0 Å². The molecule has 0 amide bonds. The van der Waals surface area contributed by atoms with Crippen LogP contribution in [0.3, 0.4) is 0 Å². The molecule has 4 aromatic heterocycles. The summed E-state index contributed by atoms with van der Waals surface area (Å²) < 4.78 is 19.0. The molecule has 7 nitrogen and oxygen atoms in total. The van der Waals surface area contributed by atoms with E-state index in [4.69, 9.17) is 33.2 Å². The van der Waals surface area contributed by atoms with E-state index < -0.39 is 0 Å². The van der Waals surface area contributed by atoms with E-state index in [1.165, 1.54) is 0 Å². The van der Waals surface area contributed by atoms with E-state index in [1.54, 1.807) is 0 Å². The standard InChI is InChI=1S/C46H26N4O3/c1-3-11-27(12-4-1)43-48-44(28-13-5-2-6-14-28)50-45(49-43)32-16-9-19-39-42(32)34-25-29(22-24-37(34)52-39)30-21-23-35-40(26-30)53-46(47-35)33-17-10-20-38-41(33)31-15-7-8-18-36(31)51-38/h1-26H. The van der Waals surface area contributed by atoms with Crippen molar-refractivity contribution in [3.8, 4) is 56.7 Å². The van der Waals surface area contributed by atoms with Gasteiger partial charge in [-0.1, -0.05) is 109 Å². The second-order valence-electron chi connectivity index (χ2n) is 13.0. The highest BCUT2D eigenvalue weighted by Crippen LogP contribution is 2.40. The summed E-state index contributed by atoms with van der Waals surface area (Å²) in [5.41, 5.74) is 10.3. The van der Waals surface area contributed by atoms with E-state index in [0.717, 1.165) is 82.8 Å². The van der Waals surface area contributed by atoms with Crippen LogP contribution in [0.1, 0.15) is 0 Å². The molecule has 0 fully saturated rings. The van der Waals surface area contributed by atoms with Gasteiger partial charge in [0.15, 0.2) is 23.1 Å². The third-order valence-corrected chi connectivity index (χ3v) is 9.79. The molecule has 0 atom stereocenters. The van der Waals surface area contributed by atoms with Gasteiger partial charge < -0.3 is 13.3 Å². The Morgan fingerprint density at radius 3 is 1.62 bits per heavy atom. The Kier molecular flexibility index (Phi) is 6.42. The highest BCUT2D eigenvalue weighted by Gasteiger charge is 2.20. The van der Waals surface area contributed by atoms with Crippen molar-refractivity contribution in [1.29, 1.82) is 0 Å². The summed E-state index contributed by atoms with van der Waals surface area (Å²) in [7, 11) is 0. The Morgan fingerprint density at radius 1 is 0.321 bits per heavy atom. The van der Waals surface area contributed by atoms with Crippen LogP contribution >= 0.6 is 0 Å². The SMILES string of the molecule is c1ccc(-c2nc(-c3ccccc3)nc(-c3cccc4oc5ccc(-c6ccc7nc(-c8cccc9oc%10ccccc%10c89)oc7c6)cc5c34)n2)cc1. The quantitative estimate of drug-likeness (QED) is 0.178. The molecule has 0 spiro atoms. The molecule has 7 heteroatoms. The van der Waals surface area contributed by atoms with E-state index >= 15 is 0 Å². The smallest absolute Gasteiger partial charge is 0.228 e. The Morgan fingerprint density at radius 2 is 0.887 bits per heavy atom. The second-order valence-corrected chi connectivity index (χ2v) is 13.0. The zero-order valence-corrected chi connectivity index (χ0v) is 28.0. The first-order valence-corrected chi connectivity index (χ1v) is 17.4. The summed E-state index contributed by atoms with van der Waals surface area (Å²) >= 11 is 0. The average Bonchev–Trinajstić information content (AvgIpc) is 3.94. The van der Waals surface area contributed by atoms with Gasteiger partial charge >= 0.3 is 0 Å². The number of aromatic nitrogens is 4. The van der Waals surface area contributed by atoms with Gasteiger partial charge in [0.1, 0.15) is 27.8 Å². The van der Waals surface area contributed by atoms with Gasteiger partial charge in [0, 0.05) is 43.8 Å². The number of benzene rings is 7. The number of furan rings is 2. The van der Waals surface area contributed by atoms with Crippen molar-refractivity contribution in [2.24, 2.45) is 0 Å². The first-order chi connectivity index (χ1) is 26.2. The minimum atomic E-state index is 0.553. The largest absolute Gasteiger partial charge is 0.456 e. The summed E-state index contributed by atoms with van der Waals surface area (Å²) in [6.45, 7) is 0. The normalized spacial score (nSPS) is 11.8. The number of oxazole rings is 1. The van der Waals surface area contributed by atoms with Gasteiger partial charge in [-0.25, -0.2) is 19.9 Å². The highest BCUT2D eigenvalue weighted by molar-refractivity contribution is 6.13. The Bertz CT molecular complexity index is 3120. The molecule has 248 valence electrons. The zero-order chi connectivity index (χ0) is 34.9. The maximum Gasteiger partial charge on any atom is 0.228 e. The van der Waals surface area contributed by atoms with Crippen LogP contribution in [0, 0.1) is 0 Å². The lowest BCUT2D eigenvalue weighted by Gasteiger charge is -2.09. The fraction of sp³-hybridized carbons (Fsp3) is 0. The van der Waals surface area contributed by atoms with Gasteiger partial charge in [0.05, 0.1) is 0 Å². The first kappa shape index (κ1) is 29.4. The van der Waals surface area contributed by atoms with Crippen LogP contribution < -0.4 is 0 Å². The van der Waals surface area contributed by atoms with E-state index in [0.29, 0.717) is 28.9 Å².